The molecule has 0 aromatic heterocycles. The molecule has 7 heteroatoms. The predicted molar refractivity (Wildman–Crippen MR) is 80.9 cm³/mol. The van der Waals surface area contributed by atoms with E-state index in [2.05, 4.69) is 5.16 Å². The molecule has 6 nitrogen and oxygen atoms in total. The summed E-state index contributed by atoms with van der Waals surface area (Å²) >= 11 is 1.48. The fraction of sp³-hybridized carbons (Fsp3) is 0.0714. The molecule has 0 radical (unpaired) electrons. The number of benzene rings is 2. The van der Waals surface area contributed by atoms with Gasteiger partial charge in [0.25, 0.3) is 5.69 Å². The van der Waals surface area contributed by atoms with Crippen LogP contribution in [0, 0.1) is 17.0 Å². The molecule has 0 atom stereocenters. The van der Waals surface area contributed by atoms with Crippen molar-refractivity contribution in [2.75, 3.05) is 0 Å². The number of amidine groups is 1. The highest BCUT2D eigenvalue weighted by molar-refractivity contribution is 7.99. The van der Waals surface area contributed by atoms with E-state index in [0.717, 1.165) is 15.4 Å². The van der Waals surface area contributed by atoms with Gasteiger partial charge >= 0.3 is 0 Å². The molecule has 0 spiro atoms. The number of oxime groups is 1. The molecule has 0 aliphatic carbocycles. The smallest absolute Gasteiger partial charge is 0.269 e. The van der Waals surface area contributed by atoms with Crippen molar-refractivity contribution in [1.29, 1.82) is 0 Å². The molecule has 2 rings (SSSR count). The second-order valence-electron chi connectivity index (χ2n) is 4.32. The molecule has 0 unspecified atom stereocenters. The number of nitrogens with zero attached hydrogens (tertiary/aromatic N) is 2. The Morgan fingerprint density at radius 3 is 2.38 bits per heavy atom. The van der Waals surface area contributed by atoms with Crippen LogP contribution in [0.1, 0.15) is 11.1 Å². The highest BCUT2D eigenvalue weighted by atomic mass is 32.2. The van der Waals surface area contributed by atoms with Crippen molar-refractivity contribution < 1.29 is 10.1 Å². The van der Waals surface area contributed by atoms with Gasteiger partial charge < -0.3 is 10.9 Å². The van der Waals surface area contributed by atoms with Gasteiger partial charge in [0, 0.05) is 27.5 Å². The van der Waals surface area contributed by atoms with Crippen LogP contribution in [-0.2, 0) is 0 Å². The molecule has 0 bridgehead atoms. The lowest BCUT2D eigenvalue weighted by Gasteiger charge is -2.07. The van der Waals surface area contributed by atoms with E-state index in [4.69, 9.17) is 10.9 Å². The summed E-state index contributed by atoms with van der Waals surface area (Å²) in [5.74, 6) is 0.0689. The van der Waals surface area contributed by atoms with Crippen molar-refractivity contribution in [2.45, 2.75) is 16.7 Å². The van der Waals surface area contributed by atoms with E-state index in [1.165, 1.54) is 23.9 Å². The van der Waals surface area contributed by atoms with E-state index in [0.29, 0.717) is 5.56 Å². The summed E-state index contributed by atoms with van der Waals surface area (Å²) in [5, 5.41) is 22.3. The van der Waals surface area contributed by atoms with Crippen LogP contribution in [0.2, 0.25) is 0 Å². The Morgan fingerprint density at radius 1 is 1.24 bits per heavy atom. The summed E-state index contributed by atoms with van der Waals surface area (Å²) in [4.78, 5) is 12.0. The van der Waals surface area contributed by atoms with Gasteiger partial charge in [0.05, 0.1) is 4.92 Å². The Morgan fingerprint density at radius 2 is 1.86 bits per heavy atom. The maximum atomic E-state index is 10.6. The minimum Gasteiger partial charge on any atom is -0.409 e. The third-order valence-electron chi connectivity index (χ3n) is 2.86. The van der Waals surface area contributed by atoms with Crippen LogP contribution < -0.4 is 5.73 Å². The van der Waals surface area contributed by atoms with Crippen LogP contribution in [0.4, 0.5) is 5.69 Å². The van der Waals surface area contributed by atoms with Gasteiger partial charge in [-0.1, -0.05) is 16.9 Å². The number of aryl methyl sites for hydroxylation is 1. The largest absolute Gasteiger partial charge is 0.409 e. The average Bonchev–Trinajstić information content (AvgIpc) is 2.47. The molecule has 0 fully saturated rings. The molecule has 0 heterocycles. The topological polar surface area (TPSA) is 102 Å². The number of nitrogens with two attached hydrogens (primary N) is 1. The lowest BCUT2D eigenvalue weighted by Crippen LogP contribution is -2.14. The minimum absolute atomic E-state index is 0.0674. The van der Waals surface area contributed by atoms with Gasteiger partial charge in [-0.2, -0.15) is 0 Å². The van der Waals surface area contributed by atoms with Crippen LogP contribution in [0.3, 0.4) is 0 Å². The highest BCUT2D eigenvalue weighted by Crippen LogP contribution is 2.30. The van der Waals surface area contributed by atoms with E-state index in [1.54, 1.807) is 18.2 Å². The first-order valence-corrected chi connectivity index (χ1v) is 6.84. The Bertz CT molecular complexity index is 699. The summed E-state index contributed by atoms with van der Waals surface area (Å²) in [7, 11) is 0. The highest BCUT2D eigenvalue weighted by Gasteiger charge is 2.07. The maximum Gasteiger partial charge on any atom is 0.269 e. The van der Waals surface area contributed by atoms with Crippen LogP contribution in [0.5, 0.6) is 0 Å². The van der Waals surface area contributed by atoms with Crippen LogP contribution >= 0.6 is 11.8 Å². The van der Waals surface area contributed by atoms with Gasteiger partial charge in [0.2, 0.25) is 0 Å². The van der Waals surface area contributed by atoms with Crippen molar-refractivity contribution in [3.05, 3.63) is 63.7 Å². The number of hydrogen-bond acceptors (Lipinski definition) is 5. The third-order valence-corrected chi connectivity index (χ3v) is 3.86. The fourth-order valence-corrected chi connectivity index (χ4v) is 2.73. The lowest BCUT2D eigenvalue weighted by atomic mass is 10.1. The van der Waals surface area contributed by atoms with E-state index in [-0.39, 0.29) is 11.5 Å². The average molecular weight is 303 g/mol. The van der Waals surface area contributed by atoms with Crippen LogP contribution in [0.15, 0.2) is 57.4 Å². The molecule has 108 valence electrons. The number of nitro groups is 1. The number of non-ortho nitro benzene ring substituents is 1. The van der Waals surface area contributed by atoms with E-state index in [9.17, 15) is 10.1 Å². The molecule has 3 N–H and O–H groups in total. The normalized spacial score (nSPS) is 11.4. The first kappa shape index (κ1) is 14.9. The van der Waals surface area contributed by atoms with Crippen molar-refractivity contribution in [3.63, 3.8) is 0 Å². The molecular formula is C14H13N3O3S. The van der Waals surface area contributed by atoms with E-state index in [1.807, 2.05) is 19.1 Å². The molecule has 0 aliphatic heterocycles. The molecule has 21 heavy (non-hydrogen) atoms. The Labute approximate surface area is 125 Å². The number of nitro benzene ring substituents is 1. The summed E-state index contributed by atoms with van der Waals surface area (Å²) in [5.41, 5.74) is 7.20. The van der Waals surface area contributed by atoms with Crippen molar-refractivity contribution in [3.8, 4) is 0 Å². The third kappa shape index (κ3) is 3.51. The monoisotopic (exact) mass is 303 g/mol. The Kier molecular flexibility index (Phi) is 4.44. The van der Waals surface area contributed by atoms with Gasteiger partial charge in [0.1, 0.15) is 0 Å². The molecule has 0 saturated carbocycles. The zero-order valence-corrected chi connectivity index (χ0v) is 12.0. The predicted octanol–water partition coefficient (Wildman–Crippen LogP) is 3.15. The van der Waals surface area contributed by atoms with Crippen molar-refractivity contribution in [1.82, 2.24) is 0 Å². The van der Waals surface area contributed by atoms with Crippen LogP contribution in [0.25, 0.3) is 0 Å². The lowest BCUT2D eigenvalue weighted by molar-refractivity contribution is -0.384. The van der Waals surface area contributed by atoms with E-state index >= 15 is 0 Å². The zero-order valence-electron chi connectivity index (χ0n) is 11.2. The summed E-state index contributed by atoms with van der Waals surface area (Å²) in [6.45, 7) is 1.87. The molecule has 0 aliphatic rings. The Hall–Kier alpha value is -2.54. The quantitative estimate of drug-likeness (QED) is 0.297. The van der Waals surface area contributed by atoms with Gasteiger partial charge in [-0.15, -0.1) is 0 Å². The zero-order chi connectivity index (χ0) is 15.4. The molecule has 2 aromatic rings. The van der Waals surface area contributed by atoms with Crippen molar-refractivity contribution >= 4 is 23.3 Å². The standard InChI is InChI=1S/C14H13N3O3S/c1-9-8-12(6-7-13(9)14(15)16-18)21-11-4-2-10(3-5-11)17(19)20/h2-8,18H,1H3,(H2,15,16). The summed E-state index contributed by atoms with van der Waals surface area (Å²) in [6, 6.07) is 11.9. The van der Waals surface area contributed by atoms with Gasteiger partial charge in [0.15, 0.2) is 5.84 Å². The molecule has 0 amide bonds. The summed E-state index contributed by atoms with van der Waals surface area (Å²) < 4.78 is 0. The van der Waals surface area contributed by atoms with Crippen molar-refractivity contribution in [2.24, 2.45) is 10.9 Å². The van der Waals surface area contributed by atoms with E-state index < -0.39 is 4.92 Å². The molecule has 0 saturated heterocycles. The molecule has 2 aromatic carbocycles. The van der Waals surface area contributed by atoms with Crippen LogP contribution in [-0.4, -0.2) is 16.0 Å². The molecular weight excluding hydrogens is 290 g/mol. The fourth-order valence-electron chi connectivity index (χ4n) is 1.81. The number of hydrogen-bond donors (Lipinski definition) is 2. The minimum atomic E-state index is -0.426. The SMILES string of the molecule is Cc1cc(Sc2ccc([N+](=O)[O-])cc2)ccc1/C(N)=N/O. The Balaban J connectivity index is 2.20. The first-order chi connectivity index (χ1) is 10.0. The number of rotatable bonds is 4. The maximum absolute atomic E-state index is 10.6. The summed E-state index contributed by atoms with van der Waals surface area (Å²) in [6.07, 6.45) is 0. The second-order valence-corrected chi connectivity index (χ2v) is 5.46. The first-order valence-electron chi connectivity index (χ1n) is 6.02. The second kappa shape index (κ2) is 6.27. The van der Waals surface area contributed by atoms with Gasteiger partial charge in [-0.25, -0.2) is 0 Å². The van der Waals surface area contributed by atoms with Gasteiger partial charge in [-0.3, -0.25) is 10.1 Å². The van der Waals surface area contributed by atoms with Gasteiger partial charge in [-0.05, 0) is 42.8 Å².